The number of carbonyl (C=O) groups is 1. The van der Waals surface area contributed by atoms with Crippen molar-refractivity contribution in [2.45, 2.75) is 61.9 Å². The molecule has 1 saturated carbocycles. The van der Waals surface area contributed by atoms with E-state index in [0.29, 0.717) is 13.0 Å². The van der Waals surface area contributed by atoms with E-state index in [1.165, 1.54) is 4.31 Å². The molecule has 1 aromatic carbocycles. The Hall–Kier alpha value is -0.920. The highest BCUT2D eigenvalue weighted by Gasteiger charge is 2.38. The number of benzene rings is 1. The van der Waals surface area contributed by atoms with Crippen molar-refractivity contribution in [3.05, 3.63) is 28.7 Å². The van der Waals surface area contributed by atoms with Gasteiger partial charge in [-0.1, -0.05) is 35.2 Å². The van der Waals surface area contributed by atoms with E-state index >= 15 is 0 Å². The topological polar surface area (TPSA) is 66.5 Å². The second-order valence-electron chi connectivity index (χ2n) is 6.57. The van der Waals surface area contributed by atoms with Gasteiger partial charge in [0.05, 0.1) is 4.90 Å². The lowest BCUT2D eigenvalue weighted by Crippen LogP contribution is -2.53. The number of piperidine rings is 1. The molecule has 1 saturated heterocycles. The molecular formula is C17H23BrN2O3S. The normalized spacial score (nSPS) is 23.3. The molecule has 2 fully saturated rings. The van der Waals surface area contributed by atoms with Gasteiger partial charge < -0.3 is 5.32 Å². The van der Waals surface area contributed by atoms with Crippen LogP contribution in [0.5, 0.6) is 0 Å². The molecule has 0 radical (unpaired) electrons. The maximum atomic E-state index is 13.0. The maximum absolute atomic E-state index is 13.0. The van der Waals surface area contributed by atoms with Crippen molar-refractivity contribution in [2.24, 2.45) is 0 Å². The standard InChI is InChI=1S/C17H23BrN2O3S/c18-13-8-10-15(11-9-13)24(22,23)20-12-4-3-7-16(20)17(21)19-14-5-1-2-6-14/h8-11,14,16H,1-7,12H2,(H,19,21). The summed E-state index contributed by atoms with van der Waals surface area (Å²) in [5.41, 5.74) is 0. The lowest BCUT2D eigenvalue weighted by molar-refractivity contribution is -0.126. The van der Waals surface area contributed by atoms with E-state index < -0.39 is 16.1 Å². The van der Waals surface area contributed by atoms with Crippen LogP contribution in [0.3, 0.4) is 0 Å². The van der Waals surface area contributed by atoms with Crippen LogP contribution in [0, 0.1) is 0 Å². The predicted molar refractivity (Wildman–Crippen MR) is 96.1 cm³/mol. The number of hydrogen-bond donors (Lipinski definition) is 1. The second-order valence-corrected chi connectivity index (χ2v) is 9.38. The third-order valence-electron chi connectivity index (χ3n) is 4.88. The summed E-state index contributed by atoms with van der Waals surface area (Å²) < 4.78 is 28.2. The van der Waals surface area contributed by atoms with Crippen molar-refractivity contribution in [2.75, 3.05) is 6.54 Å². The lowest BCUT2D eigenvalue weighted by Gasteiger charge is -2.34. The quantitative estimate of drug-likeness (QED) is 0.822. The van der Waals surface area contributed by atoms with Crippen LogP contribution in [-0.2, 0) is 14.8 Å². The number of amides is 1. The molecule has 5 nitrogen and oxygen atoms in total. The Morgan fingerprint density at radius 1 is 1.04 bits per heavy atom. The van der Waals surface area contributed by atoms with Crippen molar-refractivity contribution in [1.82, 2.24) is 9.62 Å². The van der Waals surface area contributed by atoms with Gasteiger partial charge in [-0.3, -0.25) is 4.79 Å². The minimum atomic E-state index is -3.65. The fourth-order valence-electron chi connectivity index (χ4n) is 3.56. The van der Waals surface area contributed by atoms with Crippen molar-refractivity contribution in [1.29, 1.82) is 0 Å². The van der Waals surface area contributed by atoms with Crippen LogP contribution in [0.1, 0.15) is 44.9 Å². The minimum absolute atomic E-state index is 0.137. The highest BCUT2D eigenvalue weighted by molar-refractivity contribution is 9.10. The molecule has 1 N–H and O–H groups in total. The number of hydrogen-bond acceptors (Lipinski definition) is 3. The summed E-state index contributed by atoms with van der Waals surface area (Å²) in [7, 11) is -3.65. The molecule has 3 rings (SSSR count). The molecule has 1 unspecified atom stereocenters. The molecule has 0 spiro atoms. The van der Waals surface area contributed by atoms with E-state index in [4.69, 9.17) is 0 Å². The molecular weight excluding hydrogens is 392 g/mol. The van der Waals surface area contributed by atoms with Gasteiger partial charge in [0.1, 0.15) is 6.04 Å². The second kappa shape index (κ2) is 7.54. The number of nitrogens with zero attached hydrogens (tertiary/aromatic N) is 1. The number of nitrogens with one attached hydrogen (secondary N) is 1. The molecule has 1 aliphatic heterocycles. The van der Waals surface area contributed by atoms with Gasteiger partial charge >= 0.3 is 0 Å². The molecule has 2 aliphatic rings. The number of sulfonamides is 1. The highest BCUT2D eigenvalue weighted by Crippen LogP contribution is 2.27. The molecule has 1 heterocycles. The highest BCUT2D eigenvalue weighted by atomic mass is 79.9. The maximum Gasteiger partial charge on any atom is 0.243 e. The van der Waals surface area contributed by atoms with Crippen molar-refractivity contribution in [3.63, 3.8) is 0 Å². The average molecular weight is 415 g/mol. The average Bonchev–Trinajstić information content (AvgIpc) is 3.08. The van der Waals surface area contributed by atoms with Crippen LogP contribution < -0.4 is 5.32 Å². The largest absolute Gasteiger partial charge is 0.352 e. The molecule has 1 atom stereocenters. The summed E-state index contributed by atoms with van der Waals surface area (Å²) >= 11 is 3.32. The summed E-state index contributed by atoms with van der Waals surface area (Å²) in [5, 5.41) is 3.06. The van der Waals surface area contributed by atoms with Crippen molar-refractivity contribution < 1.29 is 13.2 Å². The zero-order chi connectivity index (χ0) is 17.2. The van der Waals surface area contributed by atoms with E-state index in [9.17, 15) is 13.2 Å². The zero-order valence-corrected chi connectivity index (χ0v) is 16.0. The van der Waals surface area contributed by atoms with Gasteiger partial charge in [-0.25, -0.2) is 8.42 Å². The summed E-state index contributed by atoms with van der Waals surface area (Å²) in [6.07, 6.45) is 6.54. The summed E-state index contributed by atoms with van der Waals surface area (Å²) in [6.45, 7) is 0.404. The molecule has 24 heavy (non-hydrogen) atoms. The Morgan fingerprint density at radius 3 is 2.33 bits per heavy atom. The minimum Gasteiger partial charge on any atom is -0.352 e. The van der Waals surface area contributed by atoms with Gasteiger partial charge in [0.2, 0.25) is 15.9 Å². The van der Waals surface area contributed by atoms with Crippen LogP contribution in [0.4, 0.5) is 0 Å². The molecule has 7 heteroatoms. The van der Waals surface area contributed by atoms with Gasteiger partial charge in [0, 0.05) is 17.1 Å². The van der Waals surface area contributed by atoms with Gasteiger partial charge in [-0.15, -0.1) is 0 Å². The molecule has 1 aliphatic carbocycles. The Labute approximate surface area is 152 Å². The van der Waals surface area contributed by atoms with E-state index in [1.54, 1.807) is 24.3 Å². The van der Waals surface area contributed by atoms with E-state index in [0.717, 1.165) is 43.0 Å². The van der Waals surface area contributed by atoms with Gasteiger partial charge in [0.25, 0.3) is 0 Å². The predicted octanol–water partition coefficient (Wildman–Crippen LogP) is 3.05. The first-order valence-electron chi connectivity index (χ1n) is 8.56. The Bertz CT molecular complexity index is 684. The number of carbonyl (C=O) groups excluding carboxylic acids is 1. The van der Waals surface area contributed by atoms with Gasteiger partial charge in [0.15, 0.2) is 0 Å². The van der Waals surface area contributed by atoms with Gasteiger partial charge in [-0.05, 0) is 49.9 Å². The van der Waals surface area contributed by atoms with Gasteiger partial charge in [-0.2, -0.15) is 4.31 Å². The molecule has 1 amide bonds. The summed E-state index contributed by atoms with van der Waals surface area (Å²) in [5.74, 6) is -0.137. The van der Waals surface area contributed by atoms with Crippen molar-refractivity contribution >= 4 is 31.9 Å². The lowest BCUT2D eigenvalue weighted by atomic mass is 10.0. The van der Waals surface area contributed by atoms with Crippen LogP contribution in [0.15, 0.2) is 33.6 Å². The molecule has 0 aromatic heterocycles. The summed E-state index contributed by atoms with van der Waals surface area (Å²) in [6, 6.07) is 6.21. The number of rotatable bonds is 4. The fraction of sp³-hybridized carbons (Fsp3) is 0.588. The Kier molecular flexibility index (Phi) is 5.62. The first-order valence-corrected chi connectivity index (χ1v) is 10.8. The monoisotopic (exact) mass is 414 g/mol. The van der Waals surface area contributed by atoms with E-state index in [2.05, 4.69) is 21.2 Å². The SMILES string of the molecule is O=C(NC1CCCC1)C1CCCCN1S(=O)(=O)c1ccc(Br)cc1. The molecule has 1 aromatic rings. The van der Waals surface area contributed by atoms with Crippen LogP contribution in [-0.4, -0.2) is 37.3 Å². The Balaban J connectivity index is 1.80. The van der Waals surface area contributed by atoms with Crippen molar-refractivity contribution in [3.8, 4) is 0 Å². The molecule has 132 valence electrons. The Morgan fingerprint density at radius 2 is 1.67 bits per heavy atom. The fourth-order valence-corrected chi connectivity index (χ4v) is 5.48. The van der Waals surface area contributed by atoms with E-state index in [-0.39, 0.29) is 16.8 Å². The van der Waals surface area contributed by atoms with Crippen LogP contribution in [0.2, 0.25) is 0 Å². The molecule has 0 bridgehead atoms. The van der Waals surface area contributed by atoms with Crippen LogP contribution in [0.25, 0.3) is 0 Å². The van der Waals surface area contributed by atoms with E-state index in [1.807, 2.05) is 0 Å². The third-order valence-corrected chi connectivity index (χ3v) is 7.33. The first-order chi connectivity index (χ1) is 11.5. The zero-order valence-electron chi connectivity index (χ0n) is 13.6. The smallest absolute Gasteiger partial charge is 0.243 e. The number of halogens is 1. The summed E-state index contributed by atoms with van der Waals surface area (Å²) in [4.78, 5) is 12.9. The van der Waals surface area contributed by atoms with Crippen LogP contribution >= 0.6 is 15.9 Å². The first kappa shape index (κ1) is 17.9. The third kappa shape index (κ3) is 3.83.